The van der Waals surface area contributed by atoms with E-state index in [-0.39, 0.29) is 0 Å². The zero-order valence-corrected chi connectivity index (χ0v) is 10.4. The SMILES string of the molecule is C=C(C)C=C=C(C(CC)=C(C)C)C(C)F. The Labute approximate surface area is 92.9 Å². The number of rotatable bonds is 4. The first-order chi connectivity index (χ1) is 6.90. The standard InChI is InChI=1S/C14H21F/c1-7-13(11(4)5)14(12(6)15)9-8-10(2)3/h8,12H,2,7H2,1,3-6H3. The van der Waals surface area contributed by atoms with Crippen molar-refractivity contribution in [1.82, 2.24) is 0 Å². The second kappa shape index (κ2) is 6.42. The molecule has 15 heavy (non-hydrogen) atoms. The molecular formula is C14H21F. The monoisotopic (exact) mass is 208 g/mol. The summed E-state index contributed by atoms with van der Waals surface area (Å²) >= 11 is 0. The average molecular weight is 208 g/mol. The second-order valence-corrected chi connectivity index (χ2v) is 4.00. The molecule has 0 nitrogen and oxygen atoms in total. The first kappa shape index (κ1) is 13.9. The van der Waals surface area contributed by atoms with E-state index in [1.165, 1.54) is 0 Å². The highest BCUT2D eigenvalue weighted by molar-refractivity contribution is 5.37. The molecule has 0 radical (unpaired) electrons. The van der Waals surface area contributed by atoms with Crippen LogP contribution in [0.15, 0.2) is 40.7 Å². The van der Waals surface area contributed by atoms with Gasteiger partial charge >= 0.3 is 0 Å². The molecule has 0 saturated carbocycles. The van der Waals surface area contributed by atoms with Crippen LogP contribution in [0.1, 0.15) is 41.0 Å². The third-order valence-corrected chi connectivity index (χ3v) is 2.15. The fourth-order valence-corrected chi connectivity index (χ4v) is 1.46. The summed E-state index contributed by atoms with van der Waals surface area (Å²) in [5.74, 6) is 0. The van der Waals surface area contributed by atoms with Gasteiger partial charge in [-0.3, -0.25) is 0 Å². The minimum atomic E-state index is -0.981. The Bertz CT molecular complexity index is 319. The van der Waals surface area contributed by atoms with Crippen LogP contribution in [0.5, 0.6) is 0 Å². The Kier molecular flexibility index (Phi) is 5.96. The van der Waals surface area contributed by atoms with Crippen molar-refractivity contribution >= 4 is 0 Å². The fourth-order valence-electron chi connectivity index (χ4n) is 1.46. The van der Waals surface area contributed by atoms with Gasteiger partial charge in [-0.2, -0.15) is 0 Å². The smallest absolute Gasteiger partial charge is 0.130 e. The summed E-state index contributed by atoms with van der Waals surface area (Å²) in [6, 6.07) is 0. The molecule has 0 aromatic rings. The van der Waals surface area contributed by atoms with Crippen LogP contribution in [0.3, 0.4) is 0 Å². The minimum Gasteiger partial charge on any atom is -0.242 e. The Morgan fingerprint density at radius 2 is 1.93 bits per heavy atom. The molecule has 1 heteroatoms. The molecule has 0 rings (SSSR count). The predicted molar refractivity (Wildman–Crippen MR) is 65.6 cm³/mol. The maximum atomic E-state index is 13.4. The summed E-state index contributed by atoms with van der Waals surface area (Å²) in [5, 5.41) is 0. The summed E-state index contributed by atoms with van der Waals surface area (Å²) < 4.78 is 13.4. The van der Waals surface area contributed by atoms with Crippen LogP contribution in [0.25, 0.3) is 0 Å². The summed E-state index contributed by atoms with van der Waals surface area (Å²) in [5.41, 5.74) is 6.76. The van der Waals surface area contributed by atoms with Crippen molar-refractivity contribution in [3.05, 3.63) is 40.7 Å². The van der Waals surface area contributed by atoms with Crippen molar-refractivity contribution < 1.29 is 4.39 Å². The average Bonchev–Trinajstić information content (AvgIpc) is 2.10. The normalized spacial score (nSPS) is 11.3. The first-order valence-electron chi connectivity index (χ1n) is 5.33. The molecule has 84 valence electrons. The first-order valence-corrected chi connectivity index (χ1v) is 5.33. The Morgan fingerprint density at radius 3 is 2.20 bits per heavy atom. The molecule has 0 aromatic heterocycles. The summed E-state index contributed by atoms with van der Waals surface area (Å²) in [4.78, 5) is 0. The second-order valence-electron chi connectivity index (χ2n) is 4.00. The molecule has 0 fully saturated rings. The van der Waals surface area contributed by atoms with Gasteiger partial charge in [0.05, 0.1) is 0 Å². The highest BCUT2D eigenvalue weighted by atomic mass is 19.1. The van der Waals surface area contributed by atoms with E-state index >= 15 is 0 Å². The molecule has 1 atom stereocenters. The van der Waals surface area contributed by atoms with Gasteiger partial charge in [0, 0.05) is 5.57 Å². The highest BCUT2D eigenvalue weighted by Gasteiger charge is 2.11. The minimum absolute atomic E-state index is 0.653. The molecule has 0 aromatic carbocycles. The van der Waals surface area contributed by atoms with Crippen LogP contribution >= 0.6 is 0 Å². The molecule has 0 N–H and O–H groups in total. The molecule has 0 aliphatic heterocycles. The number of halogens is 1. The van der Waals surface area contributed by atoms with Crippen molar-refractivity contribution in [2.75, 3.05) is 0 Å². The number of alkyl halides is 1. The quantitative estimate of drug-likeness (QED) is 0.462. The summed E-state index contributed by atoms with van der Waals surface area (Å²) in [7, 11) is 0. The molecule has 0 heterocycles. The van der Waals surface area contributed by atoms with Crippen LogP contribution in [0.4, 0.5) is 4.39 Å². The van der Waals surface area contributed by atoms with Gasteiger partial charge in [-0.05, 0) is 45.8 Å². The van der Waals surface area contributed by atoms with Crippen molar-refractivity contribution in [3.8, 4) is 0 Å². The van der Waals surface area contributed by atoms with E-state index in [1.54, 1.807) is 13.0 Å². The lowest BCUT2D eigenvalue weighted by Crippen LogP contribution is -2.02. The van der Waals surface area contributed by atoms with E-state index in [2.05, 4.69) is 12.3 Å². The van der Waals surface area contributed by atoms with E-state index in [0.717, 1.165) is 23.1 Å². The van der Waals surface area contributed by atoms with Gasteiger partial charge in [0.1, 0.15) is 6.17 Å². The van der Waals surface area contributed by atoms with Crippen molar-refractivity contribution in [2.24, 2.45) is 0 Å². The van der Waals surface area contributed by atoms with Crippen molar-refractivity contribution in [1.29, 1.82) is 0 Å². The summed E-state index contributed by atoms with van der Waals surface area (Å²) in [6.45, 7) is 13.2. The van der Waals surface area contributed by atoms with Crippen LogP contribution in [0, 0.1) is 0 Å². The number of hydrogen-bond donors (Lipinski definition) is 0. The lowest BCUT2D eigenvalue weighted by Gasteiger charge is -2.11. The summed E-state index contributed by atoms with van der Waals surface area (Å²) in [6.07, 6.45) is 1.60. The number of allylic oxidation sites excluding steroid dienone is 4. The van der Waals surface area contributed by atoms with Crippen LogP contribution in [-0.4, -0.2) is 6.17 Å². The maximum absolute atomic E-state index is 13.4. The highest BCUT2D eigenvalue weighted by Crippen LogP contribution is 2.22. The Hall–Kier alpha value is -1.07. The van der Waals surface area contributed by atoms with Gasteiger partial charge in [0.2, 0.25) is 0 Å². The Morgan fingerprint density at radius 1 is 1.40 bits per heavy atom. The molecule has 0 aliphatic carbocycles. The van der Waals surface area contributed by atoms with E-state index in [0.29, 0.717) is 5.57 Å². The molecule has 0 bridgehead atoms. The maximum Gasteiger partial charge on any atom is 0.130 e. The molecule has 1 unspecified atom stereocenters. The van der Waals surface area contributed by atoms with Gasteiger partial charge in [-0.15, -0.1) is 5.73 Å². The third-order valence-electron chi connectivity index (χ3n) is 2.15. The topological polar surface area (TPSA) is 0 Å². The van der Waals surface area contributed by atoms with Gasteiger partial charge in [-0.25, -0.2) is 4.39 Å². The third kappa shape index (κ3) is 4.80. The lowest BCUT2D eigenvalue weighted by atomic mass is 9.96. The molecule has 0 aliphatic rings. The zero-order chi connectivity index (χ0) is 12.0. The Balaban J connectivity index is 5.43. The lowest BCUT2D eigenvalue weighted by molar-refractivity contribution is 0.413. The molecule has 0 amide bonds. The molecule has 0 spiro atoms. The van der Waals surface area contributed by atoms with E-state index < -0.39 is 6.17 Å². The zero-order valence-electron chi connectivity index (χ0n) is 10.4. The van der Waals surface area contributed by atoms with Crippen molar-refractivity contribution in [2.45, 2.75) is 47.2 Å². The van der Waals surface area contributed by atoms with E-state index in [1.807, 2.05) is 27.7 Å². The van der Waals surface area contributed by atoms with Crippen LogP contribution < -0.4 is 0 Å². The largest absolute Gasteiger partial charge is 0.242 e. The van der Waals surface area contributed by atoms with Gasteiger partial charge in [0.25, 0.3) is 0 Å². The van der Waals surface area contributed by atoms with Crippen molar-refractivity contribution in [3.63, 3.8) is 0 Å². The van der Waals surface area contributed by atoms with Crippen LogP contribution in [-0.2, 0) is 0 Å². The van der Waals surface area contributed by atoms with E-state index in [4.69, 9.17) is 0 Å². The fraction of sp³-hybridized carbons (Fsp3) is 0.500. The number of hydrogen-bond acceptors (Lipinski definition) is 0. The van der Waals surface area contributed by atoms with Gasteiger partial charge in [0.15, 0.2) is 0 Å². The molecular weight excluding hydrogens is 187 g/mol. The van der Waals surface area contributed by atoms with Crippen LogP contribution in [0.2, 0.25) is 0 Å². The van der Waals surface area contributed by atoms with E-state index in [9.17, 15) is 4.39 Å². The van der Waals surface area contributed by atoms with Gasteiger partial charge < -0.3 is 0 Å². The predicted octanol–water partition coefficient (Wildman–Crippen LogP) is 4.75. The molecule has 0 saturated heterocycles. The van der Waals surface area contributed by atoms with Gasteiger partial charge in [-0.1, -0.05) is 24.6 Å².